The second-order valence-corrected chi connectivity index (χ2v) is 8.40. The zero-order valence-electron chi connectivity index (χ0n) is 19.2. The minimum absolute atomic E-state index is 0.166. The van der Waals surface area contributed by atoms with Crippen LogP contribution in [0.3, 0.4) is 0 Å². The summed E-state index contributed by atoms with van der Waals surface area (Å²) in [4.78, 5) is 26.1. The number of hydrogen-bond acceptors (Lipinski definition) is 8. The van der Waals surface area contributed by atoms with Crippen molar-refractivity contribution in [2.24, 2.45) is 0 Å². The maximum Gasteiger partial charge on any atom is 0.251 e. The summed E-state index contributed by atoms with van der Waals surface area (Å²) in [6.07, 6.45) is 9.23. The molecule has 1 fully saturated rings. The van der Waals surface area contributed by atoms with Gasteiger partial charge in [-0.3, -0.25) is 9.36 Å². The van der Waals surface area contributed by atoms with Crippen LogP contribution in [0.15, 0.2) is 30.7 Å². The van der Waals surface area contributed by atoms with Crippen molar-refractivity contribution in [2.45, 2.75) is 38.1 Å². The summed E-state index contributed by atoms with van der Waals surface area (Å²) >= 11 is 0. The second-order valence-electron chi connectivity index (χ2n) is 8.40. The van der Waals surface area contributed by atoms with Crippen LogP contribution in [0.5, 0.6) is 5.75 Å². The van der Waals surface area contributed by atoms with E-state index in [1.165, 1.54) is 25.7 Å². The average molecular weight is 449 g/mol. The first-order chi connectivity index (χ1) is 16.1. The number of rotatable bonds is 5. The molecule has 1 aliphatic heterocycles. The lowest BCUT2D eigenvalue weighted by Crippen LogP contribution is -2.35. The average Bonchev–Trinajstić information content (AvgIpc) is 3.53. The Kier molecular flexibility index (Phi) is 5.57. The monoisotopic (exact) mass is 448 g/mol. The van der Waals surface area contributed by atoms with Crippen molar-refractivity contribution < 1.29 is 9.53 Å². The Balaban J connectivity index is 1.56. The van der Waals surface area contributed by atoms with Gasteiger partial charge in [0.05, 0.1) is 19.0 Å². The summed E-state index contributed by atoms with van der Waals surface area (Å²) in [6, 6.07) is 5.81. The molecule has 3 heterocycles. The zero-order valence-corrected chi connectivity index (χ0v) is 19.2. The van der Waals surface area contributed by atoms with E-state index < -0.39 is 0 Å². The number of fused-ring (bicyclic) bond motifs is 3. The molecule has 0 saturated heterocycles. The van der Waals surface area contributed by atoms with E-state index in [0.717, 1.165) is 36.0 Å². The van der Waals surface area contributed by atoms with E-state index in [9.17, 15) is 4.79 Å². The van der Waals surface area contributed by atoms with Gasteiger partial charge in [-0.15, -0.1) is 10.2 Å². The van der Waals surface area contributed by atoms with E-state index in [1.54, 1.807) is 32.6 Å². The molecule has 10 nitrogen and oxygen atoms in total. The number of aromatic nitrogens is 5. The van der Waals surface area contributed by atoms with E-state index in [2.05, 4.69) is 25.4 Å². The summed E-state index contributed by atoms with van der Waals surface area (Å²) in [6.45, 7) is 0.848. The Bertz CT molecular complexity index is 1170. The minimum Gasteiger partial charge on any atom is -0.495 e. The molecule has 172 valence electrons. The van der Waals surface area contributed by atoms with Gasteiger partial charge >= 0.3 is 0 Å². The van der Waals surface area contributed by atoms with Gasteiger partial charge in [0.15, 0.2) is 5.82 Å². The van der Waals surface area contributed by atoms with Crippen molar-refractivity contribution >= 4 is 23.4 Å². The van der Waals surface area contributed by atoms with Crippen molar-refractivity contribution in [1.82, 2.24) is 30.0 Å². The Morgan fingerprint density at radius 1 is 1.27 bits per heavy atom. The third-order valence-electron chi connectivity index (χ3n) is 6.56. The maximum absolute atomic E-state index is 12.0. The fraction of sp³-hybridized carbons (Fsp3) is 0.435. The lowest BCUT2D eigenvalue weighted by molar-refractivity contribution is 0.0963. The van der Waals surface area contributed by atoms with Crippen LogP contribution in [0.4, 0.5) is 17.5 Å². The number of carbonyl (C=O) groups excluding carboxylic acids is 1. The minimum atomic E-state index is -0.166. The number of methoxy groups -OCH3 is 1. The van der Waals surface area contributed by atoms with Crippen LogP contribution in [0.25, 0.3) is 5.69 Å². The van der Waals surface area contributed by atoms with Gasteiger partial charge in [0.1, 0.15) is 23.6 Å². The zero-order chi connectivity index (χ0) is 22.9. The van der Waals surface area contributed by atoms with E-state index >= 15 is 0 Å². The van der Waals surface area contributed by atoms with E-state index in [-0.39, 0.29) is 5.91 Å². The molecule has 10 heteroatoms. The van der Waals surface area contributed by atoms with E-state index in [4.69, 9.17) is 9.72 Å². The SMILES string of the molecule is CNC(=O)c1ccc(N(C)c2ncc3c(n2)N(C2CCCC2)CCc2nncn2-3)c(OC)c1. The number of amides is 1. The fourth-order valence-corrected chi connectivity index (χ4v) is 4.78. The number of nitrogens with zero attached hydrogens (tertiary/aromatic N) is 7. The van der Waals surface area contributed by atoms with Crippen LogP contribution in [0, 0.1) is 0 Å². The topological polar surface area (TPSA) is 101 Å². The van der Waals surface area contributed by atoms with Gasteiger partial charge in [-0.1, -0.05) is 12.8 Å². The Morgan fingerprint density at radius 3 is 2.85 bits per heavy atom. The van der Waals surface area contributed by atoms with Gasteiger partial charge in [0.2, 0.25) is 5.95 Å². The Labute approximate surface area is 192 Å². The molecule has 2 aliphatic rings. The molecule has 0 atom stereocenters. The molecule has 1 N–H and O–H groups in total. The number of carbonyl (C=O) groups is 1. The van der Waals surface area contributed by atoms with Crippen LogP contribution < -0.4 is 19.9 Å². The maximum atomic E-state index is 12.0. The molecule has 2 aromatic heterocycles. The van der Waals surface area contributed by atoms with Gasteiger partial charge in [-0.05, 0) is 31.0 Å². The van der Waals surface area contributed by atoms with Crippen molar-refractivity contribution in [1.29, 1.82) is 0 Å². The molecule has 1 amide bonds. The van der Waals surface area contributed by atoms with Crippen LogP contribution in [-0.2, 0) is 6.42 Å². The van der Waals surface area contributed by atoms with Crippen molar-refractivity contribution in [2.75, 3.05) is 37.5 Å². The summed E-state index contributed by atoms with van der Waals surface area (Å²) in [5.74, 6) is 2.79. The summed E-state index contributed by atoms with van der Waals surface area (Å²) in [5, 5.41) is 11.0. The quantitative estimate of drug-likeness (QED) is 0.635. The van der Waals surface area contributed by atoms with Gasteiger partial charge in [0.25, 0.3) is 5.91 Å². The predicted octanol–water partition coefficient (Wildman–Crippen LogP) is 2.50. The van der Waals surface area contributed by atoms with Gasteiger partial charge in [-0.25, -0.2) is 4.98 Å². The highest BCUT2D eigenvalue weighted by molar-refractivity contribution is 5.95. The van der Waals surface area contributed by atoms with Crippen molar-refractivity contribution in [3.8, 4) is 11.4 Å². The number of benzene rings is 1. The number of hydrogen-bond donors (Lipinski definition) is 1. The van der Waals surface area contributed by atoms with Crippen LogP contribution >= 0.6 is 0 Å². The van der Waals surface area contributed by atoms with Crippen LogP contribution in [0.1, 0.15) is 41.9 Å². The number of nitrogens with one attached hydrogen (secondary N) is 1. The molecular formula is C23H28N8O2. The summed E-state index contributed by atoms with van der Waals surface area (Å²) < 4.78 is 7.58. The third-order valence-corrected chi connectivity index (χ3v) is 6.56. The highest BCUT2D eigenvalue weighted by atomic mass is 16.5. The van der Waals surface area contributed by atoms with E-state index in [1.807, 2.05) is 28.8 Å². The first kappa shape index (κ1) is 21.2. The lowest BCUT2D eigenvalue weighted by atomic mass is 10.1. The Morgan fingerprint density at radius 2 is 2.09 bits per heavy atom. The standard InChI is InChI=1S/C23H28N8O2/c1-24-22(32)15-8-9-17(19(12-15)33-3)29(2)23-25-13-18-21(27-23)30(16-6-4-5-7-16)11-10-20-28-26-14-31(18)20/h8-9,12-14,16H,4-7,10-11H2,1-3H3,(H,24,32). The van der Waals surface area contributed by atoms with Gasteiger partial charge < -0.3 is 19.9 Å². The molecule has 0 bridgehead atoms. The summed E-state index contributed by atoms with van der Waals surface area (Å²) in [5.41, 5.74) is 2.21. The summed E-state index contributed by atoms with van der Waals surface area (Å²) in [7, 11) is 5.10. The molecule has 5 rings (SSSR count). The van der Waals surface area contributed by atoms with Crippen LogP contribution in [0.2, 0.25) is 0 Å². The first-order valence-corrected chi connectivity index (χ1v) is 11.3. The highest BCUT2D eigenvalue weighted by Gasteiger charge is 2.30. The molecular weight excluding hydrogens is 420 g/mol. The lowest BCUT2D eigenvalue weighted by Gasteiger charge is -2.30. The fourth-order valence-electron chi connectivity index (χ4n) is 4.78. The molecule has 0 spiro atoms. The third kappa shape index (κ3) is 3.75. The highest BCUT2D eigenvalue weighted by Crippen LogP contribution is 2.36. The van der Waals surface area contributed by atoms with Gasteiger partial charge in [-0.2, -0.15) is 4.98 Å². The second kappa shape index (κ2) is 8.68. The number of ether oxygens (including phenoxy) is 1. The molecule has 0 radical (unpaired) electrons. The largest absolute Gasteiger partial charge is 0.495 e. The predicted molar refractivity (Wildman–Crippen MR) is 125 cm³/mol. The van der Waals surface area contributed by atoms with Gasteiger partial charge in [0, 0.05) is 38.7 Å². The van der Waals surface area contributed by atoms with Crippen molar-refractivity contribution in [3.63, 3.8) is 0 Å². The molecule has 3 aromatic rings. The first-order valence-electron chi connectivity index (χ1n) is 11.3. The molecule has 0 unspecified atom stereocenters. The molecule has 1 aliphatic carbocycles. The molecule has 1 aromatic carbocycles. The normalized spacial score (nSPS) is 15.5. The molecule has 1 saturated carbocycles. The molecule has 33 heavy (non-hydrogen) atoms. The number of anilines is 3. The van der Waals surface area contributed by atoms with Crippen LogP contribution in [-0.4, -0.2) is 64.4 Å². The Hall–Kier alpha value is -3.69. The smallest absolute Gasteiger partial charge is 0.251 e. The van der Waals surface area contributed by atoms with E-state index in [0.29, 0.717) is 23.3 Å². The van der Waals surface area contributed by atoms with Crippen molar-refractivity contribution in [3.05, 3.63) is 42.1 Å².